The normalized spacial score (nSPS) is 25.2. The molecule has 0 aliphatic carbocycles. The Labute approximate surface area is 185 Å². The summed E-state index contributed by atoms with van der Waals surface area (Å²) in [6.45, 7) is 5.51. The largest absolute Gasteiger partial charge is 0.382 e. The van der Waals surface area contributed by atoms with Gasteiger partial charge in [0.05, 0.1) is 6.61 Å². The van der Waals surface area contributed by atoms with E-state index >= 15 is 0 Å². The van der Waals surface area contributed by atoms with Gasteiger partial charge in [0.25, 0.3) is 5.91 Å². The van der Waals surface area contributed by atoms with Crippen molar-refractivity contribution in [2.45, 2.75) is 31.8 Å². The molecule has 4 amide bonds. The molecule has 0 spiro atoms. The molecule has 30 heavy (non-hydrogen) atoms. The van der Waals surface area contributed by atoms with Crippen LogP contribution < -0.4 is 15.5 Å². The predicted molar refractivity (Wildman–Crippen MR) is 115 cm³/mol. The first kappa shape index (κ1) is 22.7. The van der Waals surface area contributed by atoms with E-state index in [1.54, 1.807) is 17.9 Å². The number of imide groups is 1. The Balaban J connectivity index is 1.66. The van der Waals surface area contributed by atoms with Crippen molar-refractivity contribution >= 4 is 46.7 Å². The molecule has 0 saturated carbocycles. The van der Waals surface area contributed by atoms with Crippen molar-refractivity contribution in [1.82, 2.24) is 15.5 Å². The number of ether oxygens (including phenoxy) is 1. The van der Waals surface area contributed by atoms with Gasteiger partial charge >= 0.3 is 6.03 Å². The highest BCUT2D eigenvalue weighted by Crippen LogP contribution is 2.29. The van der Waals surface area contributed by atoms with Crippen LogP contribution in [0.15, 0.2) is 18.2 Å². The first-order valence-corrected chi connectivity index (χ1v) is 10.5. The number of methoxy groups -OCH3 is 1. The van der Waals surface area contributed by atoms with Gasteiger partial charge in [0.1, 0.15) is 5.54 Å². The van der Waals surface area contributed by atoms with E-state index in [1.807, 2.05) is 19.1 Å². The van der Waals surface area contributed by atoms with Crippen molar-refractivity contribution < 1.29 is 19.1 Å². The molecule has 0 bridgehead atoms. The van der Waals surface area contributed by atoms with Gasteiger partial charge in [-0.05, 0) is 31.5 Å². The zero-order chi connectivity index (χ0) is 22.1. The van der Waals surface area contributed by atoms with Gasteiger partial charge < -0.3 is 19.9 Å². The SMILES string of the molecule is COCC1(CC(C)C(=O)N2CCN(c3cc(Cl)cc(Cl)c3)C(C)C2)NC(=O)NC1=O. The minimum Gasteiger partial charge on any atom is -0.382 e. The van der Waals surface area contributed by atoms with Crippen LogP contribution in [0.2, 0.25) is 10.0 Å². The number of carbonyl (C=O) groups excluding carboxylic acids is 3. The maximum absolute atomic E-state index is 13.1. The monoisotopic (exact) mass is 456 g/mol. The highest BCUT2D eigenvalue weighted by Gasteiger charge is 2.48. The number of anilines is 1. The molecule has 8 nitrogen and oxygen atoms in total. The minimum absolute atomic E-state index is 0.00188. The number of hydrogen-bond acceptors (Lipinski definition) is 5. The van der Waals surface area contributed by atoms with Gasteiger partial charge in [-0.2, -0.15) is 0 Å². The maximum Gasteiger partial charge on any atom is 0.322 e. The summed E-state index contributed by atoms with van der Waals surface area (Å²) in [6, 6.07) is 4.90. The molecule has 10 heteroatoms. The van der Waals surface area contributed by atoms with Crippen LogP contribution in [0.25, 0.3) is 0 Å². The summed E-state index contributed by atoms with van der Waals surface area (Å²) in [6.07, 6.45) is 0.162. The third-order valence-electron chi connectivity index (χ3n) is 5.60. The van der Waals surface area contributed by atoms with Crippen LogP contribution in [0.3, 0.4) is 0 Å². The molecule has 1 aromatic rings. The maximum atomic E-state index is 13.1. The van der Waals surface area contributed by atoms with Crippen LogP contribution in [-0.2, 0) is 14.3 Å². The highest BCUT2D eigenvalue weighted by molar-refractivity contribution is 6.35. The van der Waals surface area contributed by atoms with E-state index in [4.69, 9.17) is 27.9 Å². The molecule has 2 heterocycles. The number of hydrogen-bond donors (Lipinski definition) is 2. The number of urea groups is 1. The van der Waals surface area contributed by atoms with Crippen LogP contribution >= 0.6 is 23.2 Å². The van der Waals surface area contributed by atoms with Gasteiger partial charge in [0, 0.05) is 54.4 Å². The average Bonchev–Trinajstić information content (AvgIpc) is 2.93. The molecule has 2 aliphatic rings. The number of amides is 4. The minimum atomic E-state index is -1.23. The molecule has 3 unspecified atom stereocenters. The van der Waals surface area contributed by atoms with Gasteiger partial charge in [-0.15, -0.1) is 0 Å². The quantitative estimate of drug-likeness (QED) is 0.640. The summed E-state index contributed by atoms with van der Waals surface area (Å²) in [7, 11) is 1.45. The van der Waals surface area contributed by atoms with Crippen molar-refractivity contribution in [2.75, 3.05) is 38.3 Å². The van der Waals surface area contributed by atoms with E-state index in [9.17, 15) is 14.4 Å². The molecule has 164 valence electrons. The average molecular weight is 457 g/mol. The molecule has 2 N–H and O–H groups in total. The van der Waals surface area contributed by atoms with Crippen LogP contribution in [0.5, 0.6) is 0 Å². The number of halogens is 2. The smallest absolute Gasteiger partial charge is 0.322 e. The van der Waals surface area contributed by atoms with Gasteiger partial charge in [0.2, 0.25) is 5.91 Å². The lowest BCUT2D eigenvalue weighted by molar-refractivity contribution is -0.137. The standard InChI is InChI=1S/C20H26Cl2N4O4/c1-12(9-20(11-30-3)18(28)23-19(29)24-20)17(27)25-4-5-26(13(2)10-25)16-7-14(21)6-15(22)8-16/h6-8,12-13H,4-5,9-11H2,1-3H3,(H2,23,24,28,29). The lowest BCUT2D eigenvalue weighted by Gasteiger charge is -2.42. The van der Waals surface area contributed by atoms with Gasteiger partial charge in [0.15, 0.2) is 0 Å². The summed E-state index contributed by atoms with van der Waals surface area (Å²) >= 11 is 12.3. The summed E-state index contributed by atoms with van der Waals surface area (Å²) in [4.78, 5) is 41.0. The zero-order valence-electron chi connectivity index (χ0n) is 17.2. The van der Waals surface area contributed by atoms with Gasteiger partial charge in [-0.3, -0.25) is 14.9 Å². The van der Waals surface area contributed by atoms with E-state index in [1.165, 1.54) is 7.11 Å². The van der Waals surface area contributed by atoms with Crippen molar-refractivity contribution in [1.29, 1.82) is 0 Å². The Bertz CT molecular complexity index is 832. The van der Waals surface area contributed by atoms with E-state index in [2.05, 4.69) is 15.5 Å². The molecule has 0 radical (unpaired) electrons. The second-order valence-electron chi connectivity index (χ2n) is 7.98. The van der Waals surface area contributed by atoms with Crippen molar-refractivity contribution in [2.24, 2.45) is 5.92 Å². The van der Waals surface area contributed by atoms with Crippen molar-refractivity contribution in [3.8, 4) is 0 Å². The highest BCUT2D eigenvalue weighted by atomic mass is 35.5. The number of nitrogens with zero attached hydrogens (tertiary/aromatic N) is 2. The lowest BCUT2D eigenvalue weighted by Crippen LogP contribution is -2.57. The Kier molecular flexibility index (Phi) is 6.79. The number of piperazine rings is 1. The summed E-state index contributed by atoms with van der Waals surface area (Å²) in [5, 5.41) is 5.99. The predicted octanol–water partition coefficient (Wildman–Crippen LogP) is 2.28. The van der Waals surface area contributed by atoms with Crippen LogP contribution in [0, 0.1) is 5.92 Å². The second-order valence-corrected chi connectivity index (χ2v) is 8.86. The number of rotatable bonds is 6. The fourth-order valence-corrected chi connectivity index (χ4v) is 4.76. The fourth-order valence-electron chi connectivity index (χ4n) is 4.25. The molecule has 1 aromatic carbocycles. The second kappa shape index (κ2) is 8.99. The Morgan fingerprint density at radius 1 is 1.27 bits per heavy atom. The fraction of sp³-hybridized carbons (Fsp3) is 0.550. The molecule has 3 atom stereocenters. The van der Waals surface area contributed by atoms with Crippen LogP contribution in [0.1, 0.15) is 20.3 Å². The van der Waals surface area contributed by atoms with E-state index in [0.29, 0.717) is 29.7 Å². The summed E-state index contributed by atoms with van der Waals surface area (Å²) < 4.78 is 5.14. The topological polar surface area (TPSA) is 91.0 Å². The molecule has 3 rings (SSSR count). The van der Waals surface area contributed by atoms with Crippen molar-refractivity contribution in [3.63, 3.8) is 0 Å². The number of nitrogens with one attached hydrogen (secondary N) is 2. The molecule has 2 fully saturated rings. The van der Waals surface area contributed by atoms with Crippen molar-refractivity contribution in [3.05, 3.63) is 28.2 Å². The van der Waals surface area contributed by atoms with Crippen LogP contribution in [0.4, 0.5) is 10.5 Å². The Hall–Kier alpha value is -2.03. The number of benzene rings is 1. The first-order valence-electron chi connectivity index (χ1n) is 9.79. The zero-order valence-corrected chi connectivity index (χ0v) is 18.7. The number of carbonyl (C=O) groups is 3. The molecule has 2 aliphatic heterocycles. The molecular formula is C20H26Cl2N4O4. The van der Waals surface area contributed by atoms with Crippen LogP contribution in [-0.4, -0.2) is 67.7 Å². The summed E-state index contributed by atoms with van der Waals surface area (Å²) in [5.41, 5.74) is -0.309. The lowest BCUT2D eigenvalue weighted by atomic mass is 9.87. The van der Waals surface area contributed by atoms with E-state index < -0.39 is 23.4 Å². The molecule has 0 aromatic heterocycles. The Morgan fingerprint density at radius 3 is 2.47 bits per heavy atom. The molecule has 2 saturated heterocycles. The molecular weight excluding hydrogens is 431 g/mol. The van der Waals surface area contributed by atoms with E-state index in [0.717, 1.165) is 5.69 Å². The first-order chi connectivity index (χ1) is 14.1. The third-order valence-corrected chi connectivity index (χ3v) is 6.04. The van der Waals surface area contributed by atoms with Gasteiger partial charge in [-0.1, -0.05) is 30.1 Å². The Morgan fingerprint density at radius 2 is 1.93 bits per heavy atom. The third kappa shape index (κ3) is 4.66. The summed E-state index contributed by atoms with van der Waals surface area (Å²) in [5.74, 6) is -0.997. The van der Waals surface area contributed by atoms with E-state index in [-0.39, 0.29) is 25.0 Å². The van der Waals surface area contributed by atoms with Gasteiger partial charge in [-0.25, -0.2) is 4.79 Å².